The van der Waals surface area contributed by atoms with Crippen molar-refractivity contribution in [2.45, 2.75) is 13.3 Å². The van der Waals surface area contributed by atoms with Crippen LogP contribution in [0.4, 0.5) is 5.13 Å². The minimum Gasteiger partial charge on any atom is -0.466 e. The maximum Gasteiger partial charge on any atom is 0.315 e. The Morgan fingerprint density at radius 2 is 2.40 bits per heavy atom. The molecule has 1 rings (SSSR count). The van der Waals surface area contributed by atoms with Gasteiger partial charge in [0.1, 0.15) is 10.8 Å². The van der Waals surface area contributed by atoms with Crippen molar-refractivity contribution in [3.63, 3.8) is 0 Å². The molecule has 5 nitrogen and oxygen atoms in total. The quantitative estimate of drug-likeness (QED) is 0.650. The number of amides is 1. The smallest absolute Gasteiger partial charge is 0.315 e. The van der Waals surface area contributed by atoms with Gasteiger partial charge in [-0.1, -0.05) is 22.9 Å². The van der Waals surface area contributed by atoms with Crippen LogP contribution in [0.15, 0.2) is 6.20 Å². The second-order valence-corrected chi connectivity index (χ2v) is 4.16. The maximum absolute atomic E-state index is 11.2. The Labute approximate surface area is 95.4 Å². The highest BCUT2D eigenvalue weighted by molar-refractivity contribution is 7.19. The molecule has 0 spiro atoms. The highest BCUT2D eigenvalue weighted by Crippen LogP contribution is 2.22. The van der Waals surface area contributed by atoms with Crippen molar-refractivity contribution in [3.05, 3.63) is 10.5 Å². The summed E-state index contributed by atoms with van der Waals surface area (Å²) in [7, 11) is 0. The molecule has 0 aliphatic carbocycles. The van der Waals surface area contributed by atoms with Crippen LogP contribution in [0.1, 0.15) is 13.3 Å². The number of nitrogens with one attached hydrogen (secondary N) is 1. The van der Waals surface area contributed by atoms with Gasteiger partial charge in [-0.05, 0) is 6.92 Å². The number of hydrogen-bond donors (Lipinski definition) is 1. The van der Waals surface area contributed by atoms with Gasteiger partial charge in [-0.2, -0.15) is 0 Å². The zero-order valence-electron chi connectivity index (χ0n) is 7.95. The van der Waals surface area contributed by atoms with Gasteiger partial charge in [0.2, 0.25) is 5.91 Å². The number of rotatable bonds is 4. The molecule has 7 heteroatoms. The molecule has 0 aromatic carbocycles. The number of nitrogens with zero attached hydrogens (tertiary/aromatic N) is 1. The van der Waals surface area contributed by atoms with Gasteiger partial charge in [0.25, 0.3) is 0 Å². The Kier molecular flexibility index (Phi) is 4.51. The Balaban J connectivity index is 2.39. The second kappa shape index (κ2) is 5.67. The Bertz CT molecular complexity index is 367. The summed E-state index contributed by atoms with van der Waals surface area (Å²) in [4.78, 5) is 26.0. The molecule has 0 bridgehead atoms. The van der Waals surface area contributed by atoms with Crippen LogP contribution in [0.3, 0.4) is 0 Å². The van der Waals surface area contributed by atoms with Gasteiger partial charge in [0.05, 0.1) is 12.8 Å². The van der Waals surface area contributed by atoms with E-state index >= 15 is 0 Å². The molecule has 0 saturated carbocycles. The molecule has 1 amide bonds. The van der Waals surface area contributed by atoms with E-state index in [1.165, 1.54) is 6.20 Å². The second-order valence-electron chi connectivity index (χ2n) is 2.50. The highest BCUT2D eigenvalue weighted by Gasteiger charge is 2.11. The lowest BCUT2D eigenvalue weighted by Gasteiger charge is -2.01. The average Bonchev–Trinajstić information content (AvgIpc) is 2.51. The van der Waals surface area contributed by atoms with Gasteiger partial charge in [0, 0.05) is 0 Å². The van der Waals surface area contributed by atoms with Crippen LogP contribution in [0, 0.1) is 0 Å². The van der Waals surface area contributed by atoms with Crippen molar-refractivity contribution in [2.75, 3.05) is 11.9 Å². The Morgan fingerprint density at radius 1 is 1.67 bits per heavy atom. The van der Waals surface area contributed by atoms with Crippen LogP contribution in [0.25, 0.3) is 0 Å². The summed E-state index contributed by atoms with van der Waals surface area (Å²) in [6.07, 6.45) is 1.11. The van der Waals surface area contributed by atoms with Crippen molar-refractivity contribution in [1.82, 2.24) is 4.98 Å². The lowest BCUT2D eigenvalue weighted by molar-refractivity contribution is -0.145. The van der Waals surface area contributed by atoms with Crippen molar-refractivity contribution < 1.29 is 14.3 Å². The molecule has 0 fully saturated rings. The van der Waals surface area contributed by atoms with E-state index in [1.807, 2.05) is 0 Å². The Hall–Kier alpha value is -1.14. The average molecular weight is 249 g/mol. The largest absolute Gasteiger partial charge is 0.466 e. The first-order valence-electron chi connectivity index (χ1n) is 4.18. The third-order valence-electron chi connectivity index (χ3n) is 1.33. The molecule has 1 aromatic rings. The minimum atomic E-state index is -0.558. The molecule has 0 radical (unpaired) electrons. The van der Waals surface area contributed by atoms with E-state index < -0.39 is 11.9 Å². The molecule has 1 aromatic heterocycles. The maximum atomic E-state index is 11.2. The van der Waals surface area contributed by atoms with E-state index in [0.717, 1.165) is 11.3 Å². The molecule has 0 atom stereocenters. The summed E-state index contributed by atoms with van der Waals surface area (Å²) >= 11 is 6.74. The molecule has 0 unspecified atom stereocenters. The predicted octanol–water partition coefficient (Wildman–Crippen LogP) is 1.69. The fourth-order valence-electron chi connectivity index (χ4n) is 0.819. The third kappa shape index (κ3) is 4.26. The van der Waals surface area contributed by atoms with Crippen molar-refractivity contribution in [3.8, 4) is 0 Å². The van der Waals surface area contributed by atoms with Gasteiger partial charge in [0.15, 0.2) is 5.13 Å². The zero-order chi connectivity index (χ0) is 11.3. The molecular formula is C8H9ClN2O3S. The lowest BCUT2D eigenvalue weighted by Crippen LogP contribution is -2.17. The third-order valence-corrected chi connectivity index (χ3v) is 2.36. The van der Waals surface area contributed by atoms with Gasteiger partial charge >= 0.3 is 5.97 Å². The van der Waals surface area contributed by atoms with Crippen LogP contribution >= 0.6 is 22.9 Å². The van der Waals surface area contributed by atoms with Gasteiger partial charge in [-0.25, -0.2) is 4.98 Å². The molecule has 82 valence electrons. The first-order chi connectivity index (χ1) is 7.11. The van der Waals surface area contributed by atoms with Crippen LogP contribution in [-0.2, 0) is 14.3 Å². The topological polar surface area (TPSA) is 68.3 Å². The van der Waals surface area contributed by atoms with Gasteiger partial charge < -0.3 is 10.1 Å². The molecule has 1 heterocycles. The first-order valence-corrected chi connectivity index (χ1v) is 5.38. The van der Waals surface area contributed by atoms with E-state index in [4.69, 9.17) is 11.6 Å². The summed E-state index contributed by atoms with van der Waals surface area (Å²) in [6.45, 7) is 1.94. The summed E-state index contributed by atoms with van der Waals surface area (Å²) in [6, 6.07) is 0. The van der Waals surface area contributed by atoms with E-state index in [-0.39, 0.29) is 13.0 Å². The number of carbonyl (C=O) groups is 2. The zero-order valence-corrected chi connectivity index (χ0v) is 9.52. The number of hydrogen-bond acceptors (Lipinski definition) is 5. The van der Waals surface area contributed by atoms with Crippen LogP contribution < -0.4 is 5.32 Å². The predicted molar refractivity (Wildman–Crippen MR) is 57.0 cm³/mol. The van der Waals surface area contributed by atoms with Gasteiger partial charge in [-0.15, -0.1) is 0 Å². The molecular weight excluding hydrogens is 240 g/mol. The monoisotopic (exact) mass is 248 g/mol. The van der Waals surface area contributed by atoms with E-state index in [9.17, 15) is 9.59 Å². The lowest BCUT2D eigenvalue weighted by atomic mass is 10.4. The van der Waals surface area contributed by atoms with Crippen molar-refractivity contribution in [2.24, 2.45) is 0 Å². The van der Waals surface area contributed by atoms with E-state index in [1.54, 1.807) is 6.92 Å². The van der Waals surface area contributed by atoms with Crippen LogP contribution in [0.5, 0.6) is 0 Å². The number of thiazole rings is 1. The number of esters is 1. The fourth-order valence-corrected chi connectivity index (χ4v) is 1.65. The molecule has 0 aliphatic heterocycles. The molecule has 15 heavy (non-hydrogen) atoms. The normalized spacial score (nSPS) is 9.73. The summed E-state index contributed by atoms with van der Waals surface area (Å²) in [5.41, 5.74) is 0. The molecule has 1 N–H and O–H groups in total. The first kappa shape index (κ1) is 11.9. The summed E-state index contributed by atoms with van der Waals surface area (Å²) in [5.74, 6) is -1.02. The van der Waals surface area contributed by atoms with E-state index in [0.29, 0.717) is 9.47 Å². The number of halogens is 1. The highest BCUT2D eigenvalue weighted by atomic mass is 35.5. The van der Waals surface area contributed by atoms with Crippen molar-refractivity contribution in [1.29, 1.82) is 0 Å². The standard InChI is InChI=1S/C8H9ClN2O3S/c1-2-14-7(13)3-6(12)11-8-10-4-5(9)15-8/h4H,2-3H2,1H3,(H,10,11,12). The van der Waals surface area contributed by atoms with Gasteiger partial charge in [-0.3, -0.25) is 9.59 Å². The fraction of sp³-hybridized carbons (Fsp3) is 0.375. The SMILES string of the molecule is CCOC(=O)CC(=O)Nc1ncc(Cl)s1. The number of ether oxygens (including phenoxy) is 1. The summed E-state index contributed by atoms with van der Waals surface area (Å²) < 4.78 is 5.09. The molecule has 0 aliphatic rings. The minimum absolute atomic E-state index is 0.259. The summed E-state index contributed by atoms with van der Waals surface area (Å²) in [5, 5.41) is 2.80. The molecule has 0 saturated heterocycles. The van der Waals surface area contributed by atoms with E-state index in [2.05, 4.69) is 15.0 Å². The number of anilines is 1. The van der Waals surface area contributed by atoms with Crippen molar-refractivity contribution >= 4 is 39.9 Å². The van der Waals surface area contributed by atoms with Crippen LogP contribution in [0.2, 0.25) is 4.34 Å². The Morgan fingerprint density at radius 3 is 2.93 bits per heavy atom. The number of carbonyl (C=O) groups excluding carboxylic acids is 2. The van der Waals surface area contributed by atoms with Crippen LogP contribution in [-0.4, -0.2) is 23.5 Å². The number of aromatic nitrogens is 1.